The van der Waals surface area contributed by atoms with Gasteiger partial charge in [0.15, 0.2) is 0 Å². The number of benzene rings is 11. The predicted molar refractivity (Wildman–Crippen MR) is 293 cm³/mol. The van der Waals surface area contributed by atoms with Gasteiger partial charge >= 0.3 is 0 Å². The number of rotatable bonds is 7. The highest BCUT2D eigenvalue weighted by Gasteiger charge is 2.24. The Morgan fingerprint density at radius 2 is 0.750 bits per heavy atom. The van der Waals surface area contributed by atoms with Gasteiger partial charge in [0, 0.05) is 32.9 Å². The first-order valence-electron chi connectivity index (χ1n) is 24.0. The van der Waals surface area contributed by atoms with E-state index in [-0.39, 0.29) is 10.8 Å². The Kier molecular flexibility index (Phi) is 9.67. The van der Waals surface area contributed by atoms with Crippen molar-refractivity contribution in [3.63, 3.8) is 0 Å². The highest BCUT2D eigenvalue weighted by Crippen LogP contribution is 2.47. The molecule has 0 unspecified atom stereocenters. The van der Waals surface area contributed by atoms with Gasteiger partial charge in [-0.15, -0.1) is 0 Å². The Labute approximate surface area is 399 Å². The summed E-state index contributed by atoms with van der Waals surface area (Å²) in [5, 5.41) is 10.1. The molecule has 0 saturated carbocycles. The maximum Gasteiger partial charge on any atom is 0.0541 e. The molecule has 0 aliphatic carbocycles. The molecule has 0 fully saturated rings. The molecule has 0 aliphatic rings. The van der Waals surface area contributed by atoms with Crippen molar-refractivity contribution in [2.45, 2.75) is 52.4 Å². The molecular formula is C66H54N2. The molecule has 0 saturated heterocycles. The SMILES string of the molecule is CC(C)(C)c1ccc2c(c1)c1cc(C(C)(C)C)ccc1n2-c1ccc2ccc3c(N(c4cccc(-c5ccccc5)c4)c4cccc(-c5cccc(-c6ccccc6)c5)c4)ccc4ccc1c2c43. The minimum absolute atomic E-state index is 0.0282. The summed E-state index contributed by atoms with van der Waals surface area (Å²) in [5.41, 5.74) is 16.9. The molecule has 0 atom stereocenters. The van der Waals surface area contributed by atoms with E-state index in [1.165, 1.54) is 104 Å². The van der Waals surface area contributed by atoms with E-state index in [2.05, 4.69) is 269 Å². The first-order chi connectivity index (χ1) is 33.0. The zero-order valence-electron chi connectivity index (χ0n) is 39.7. The van der Waals surface area contributed by atoms with Crippen LogP contribution in [0.2, 0.25) is 0 Å². The summed E-state index contributed by atoms with van der Waals surface area (Å²) in [4.78, 5) is 2.47. The van der Waals surface area contributed by atoms with Crippen LogP contribution in [0.4, 0.5) is 17.1 Å². The third kappa shape index (κ3) is 7.02. The molecule has 2 nitrogen and oxygen atoms in total. The number of hydrogen-bond acceptors (Lipinski definition) is 1. The van der Waals surface area contributed by atoms with E-state index in [1.807, 2.05) is 0 Å². The monoisotopic (exact) mass is 874 g/mol. The van der Waals surface area contributed by atoms with Crippen LogP contribution >= 0.6 is 0 Å². The van der Waals surface area contributed by atoms with E-state index >= 15 is 0 Å². The van der Waals surface area contributed by atoms with E-state index < -0.39 is 0 Å². The quantitative estimate of drug-likeness (QED) is 0.145. The lowest BCUT2D eigenvalue weighted by molar-refractivity contribution is 0.590. The molecule has 328 valence electrons. The van der Waals surface area contributed by atoms with Gasteiger partial charge in [-0.3, -0.25) is 0 Å². The normalized spacial score (nSPS) is 12.3. The molecule has 12 rings (SSSR count). The second-order valence-corrected chi connectivity index (χ2v) is 20.6. The van der Waals surface area contributed by atoms with Crippen LogP contribution in [0, 0.1) is 0 Å². The maximum absolute atomic E-state index is 2.52. The van der Waals surface area contributed by atoms with Gasteiger partial charge < -0.3 is 9.47 Å². The molecule has 68 heavy (non-hydrogen) atoms. The number of nitrogens with zero attached hydrogens (tertiary/aromatic N) is 2. The highest BCUT2D eigenvalue weighted by molar-refractivity contribution is 6.27. The minimum Gasteiger partial charge on any atom is -0.310 e. The van der Waals surface area contributed by atoms with Gasteiger partial charge in [-0.25, -0.2) is 0 Å². The van der Waals surface area contributed by atoms with E-state index in [0.29, 0.717) is 0 Å². The molecule has 11 aromatic carbocycles. The Morgan fingerprint density at radius 1 is 0.324 bits per heavy atom. The highest BCUT2D eigenvalue weighted by atomic mass is 15.1. The lowest BCUT2D eigenvalue weighted by atomic mass is 9.85. The van der Waals surface area contributed by atoms with Gasteiger partial charge in [-0.1, -0.05) is 193 Å². The third-order valence-corrected chi connectivity index (χ3v) is 14.2. The molecule has 0 amide bonds. The number of fused-ring (bicyclic) bond motifs is 3. The number of anilines is 3. The zero-order valence-corrected chi connectivity index (χ0v) is 39.7. The Balaban J connectivity index is 1.08. The molecule has 0 radical (unpaired) electrons. The summed E-state index contributed by atoms with van der Waals surface area (Å²) in [6.07, 6.45) is 0. The average molecular weight is 875 g/mol. The molecule has 1 heterocycles. The number of aromatic nitrogens is 1. The van der Waals surface area contributed by atoms with E-state index in [0.717, 1.165) is 17.1 Å². The zero-order chi connectivity index (χ0) is 46.3. The average Bonchev–Trinajstić information content (AvgIpc) is 3.69. The van der Waals surface area contributed by atoms with Crippen LogP contribution in [0.15, 0.2) is 218 Å². The molecular weight excluding hydrogens is 821 g/mol. The molecule has 0 spiro atoms. The van der Waals surface area contributed by atoms with Crippen LogP contribution in [-0.2, 0) is 10.8 Å². The van der Waals surface area contributed by atoms with Crippen molar-refractivity contribution in [3.05, 3.63) is 230 Å². The van der Waals surface area contributed by atoms with E-state index in [4.69, 9.17) is 0 Å². The third-order valence-electron chi connectivity index (χ3n) is 14.2. The predicted octanol–water partition coefficient (Wildman–Crippen LogP) is 18.7. The topological polar surface area (TPSA) is 8.17 Å². The van der Waals surface area contributed by atoms with Crippen LogP contribution in [-0.4, -0.2) is 4.57 Å². The summed E-state index contributed by atoms with van der Waals surface area (Å²) in [7, 11) is 0. The number of hydrogen-bond donors (Lipinski definition) is 0. The maximum atomic E-state index is 2.52. The summed E-state index contributed by atoms with van der Waals surface area (Å²) >= 11 is 0. The Morgan fingerprint density at radius 3 is 1.29 bits per heavy atom. The fourth-order valence-electron chi connectivity index (χ4n) is 10.6. The molecule has 0 N–H and O–H groups in total. The van der Waals surface area contributed by atoms with Crippen LogP contribution < -0.4 is 4.90 Å². The molecule has 12 aromatic rings. The standard InChI is InChI=1S/C66H54N2/c1-65(2,3)51-30-36-61-57(41-51)58-42-52(66(4,5)6)31-37-62(58)68(61)60-35-29-46-26-32-55-59(34-28-45-27-33-56(60)64(46)63(45)55)67(53-24-14-22-49(39-53)44-18-11-8-12-19-44)54-25-15-23-50(40-54)48-21-13-20-47(38-48)43-16-9-7-10-17-43/h7-42H,1-6H3. The van der Waals surface area contributed by atoms with Crippen molar-refractivity contribution in [1.82, 2.24) is 4.57 Å². The van der Waals surface area contributed by atoms with Crippen molar-refractivity contribution in [2.24, 2.45) is 0 Å². The summed E-state index contributed by atoms with van der Waals surface area (Å²) in [6, 6.07) is 81.3. The van der Waals surface area contributed by atoms with Gasteiger partial charge in [-0.05, 0) is 144 Å². The lowest BCUT2D eigenvalue weighted by Crippen LogP contribution is -2.11. The molecule has 2 heteroatoms. The van der Waals surface area contributed by atoms with E-state index in [1.54, 1.807) is 0 Å². The van der Waals surface area contributed by atoms with Crippen molar-refractivity contribution in [1.29, 1.82) is 0 Å². The second kappa shape index (κ2) is 15.9. The lowest BCUT2D eigenvalue weighted by Gasteiger charge is -2.29. The smallest absolute Gasteiger partial charge is 0.0541 e. The van der Waals surface area contributed by atoms with Crippen LogP contribution in [0.1, 0.15) is 52.7 Å². The van der Waals surface area contributed by atoms with E-state index in [9.17, 15) is 0 Å². The summed E-state index contributed by atoms with van der Waals surface area (Å²) in [6.45, 7) is 13.9. The molecule has 1 aromatic heterocycles. The van der Waals surface area contributed by atoms with Crippen molar-refractivity contribution >= 4 is 71.2 Å². The largest absolute Gasteiger partial charge is 0.310 e. The minimum atomic E-state index is 0.0282. The van der Waals surface area contributed by atoms with Crippen LogP contribution in [0.5, 0.6) is 0 Å². The fourth-order valence-corrected chi connectivity index (χ4v) is 10.6. The van der Waals surface area contributed by atoms with Crippen molar-refractivity contribution in [2.75, 3.05) is 4.90 Å². The van der Waals surface area contributed by atoms with Crippen molar-refractivity contribution < 1.29 is 0 Å². The Hall–Kier alpha value is -7.94. The van der Waals surface area contributed by atoms with Gasteiger partial charge in [0.25, 0.3) is 0 Å². The van der Waals surface area contributed by atoms with Crippen LogP contribution in [0.25, 0.3) is 93.2 Å². The van der Waals surface area contributed by atoms with Crippen LogP contribution in [0.3, 0.4) is 0 Å². The first kappa shape index (κ1) is 41.5. The van der Waals surface area contributed by atoms with Gasteiger partial charge in [-0.2, -0.15) is 0 Å². The molecule has 0 bridgehead atoms. The molecule has 0 aliphatic heterocycles. The summed E-state index contributed by atoms with van der Waals surface area (Å²) in [5.74, 6) is 0. The second-order valence-electron chi connectivity index (χ2n) is 20.6. The van der Waals surface area contributed by atoms with Gasteiger partial charge in [0.2, 0.25) is 0 Å². The van der Waals surface area contributed by atoms with Crippen molar-refractivity contribution in [3.8, 4) is 39.1 Å². The van der Waals surface area contributed by atoms with Gasteiger partial charge in [0.1, 0.15) is 0 Å². The summed E-state index contributed by atoms with van der Waals surface area (Å²) < 4.78 is 2.52. The Bertz CT molecular complexity index is 3790. The first-order valence-corrected chi connectivity index (χ1v) is 24.0. The fraction of sp³-hybridized carbons (Fsp3) is 0.121. The van der Waals surface area contributed by atoms with Gasteiger partial charge in [0.05, 0.1) is 22.4 Å².